The Hall–Kier alpha value is -1.77. The molecule has 0 atom stereocenters. The zero-order chi connectivity index (χ0) is 11.0. The van der Waals surface area contributed by atoms with Crippen LogP contribution in [0.5, 0.6) is 0 Å². The zero-order valence-electron chi connectivity index (χ0n) is 9.07. The Labute approximate surface area is 87.9 Å². The second kappa shape index (κ2) is 3.42. The van der Waals surface area contributed by atoms with Crippen LogP contribution < -0.4 is 10.5 Å². The van der Waals surface area contributed by atoms with E-state index in [9.17, 15) is 4.79 Å². The highest BCUT2D eigenvalue weighted by molar-refractivity contribution is 5.90. The highest BCUT2D eigenvalue weighted by atomic mass is 16.4. The van der Waals surface area contributed by atoms with Gasteiger partial charge >= 0.3 is 5.63 Å². The maximum atomic E-state index is 11.3. The Bertz CT molecular complexity index is 555. The van der Waals surface area contributed by atoms with Crippen LogP contribution in [0, 0.1) is 6.92 Å². The van der Waals surface area contributed by atoms with Gasteiger partial charge in [-0.05, 0) is 25.1 Å². The summed E-state index contributed by atoms with van der Waals surface area (Å²) in [5.41, 5.74) is 2.06. The Morgan fingerprint density at radius 1 is 1.27 bits per heavy atom. The van der Waals surface area contributed by atoms with Gasteiger partial charge in [-0.15, -0.1) is 0 Å². The predicted octanol–water partition coefficient (Wildman–Crippen LogP) is 2.17. The first-order chi connectivity index (χ1) is 7.09. The minimum atomic E-state index is -0.265. The average molecular weight is 203 g/mol. The van der Waals surface area contributed by atoms with E-state index < -0.39 is 0 Å². The predicted molar refractivity (Wildman–Crippen MR) is 61.5 cm³/mol. The Morgan fingerprint density at radius 2 is 2.00 bits per heavy atom. The molecule has 0 radical (unpaired) electrons. The van der Waals surface area contributed by atoms with E-state index in [-0.39, 0.29) is 5.63 Å². The monoisotopic (exact) mass is 203 g/mol. The van der Waals surface area contributed by atoms with Crippen LogP contribution in [0.1, 0.15) is 5.56 Å². The third kappa shape index (κ3) is 1.61. The van der Waals surface area contributed by atoms with Gasteiger partial charge in [-0.3, -0.25) is 0 Å². The zero-order valence-corrected chi connectivity index (χ0v) is 9.07. The largest absolute Gasteiger partial charge is 0.422 e. The molecule has 0 fully saturated rings. The summed E-state index contributed by atoms with van der Waals surface area (Å²) in [7, 11) is 3.93. The molecule has 2 rings (SSSR count). The molecule has 3 nitrogen and oxygen atoms in total. The summed E-state index contributed by atoms with van der Waals surface area (Å²) < 4.78 is 5.20. The van der Waals surface area contributed by atoms with E-state index in [1.807, 2.05) is 43.3 Å². The molecule has 0 aliphatic carbocycles. The molecule has 0 bridgehead atoms. The van der Waals surface area contributed by atoms with Crippen molar-refractivity contribution in [3.63, 3.8) is 0 Å². The van der Waals surface area contributed by atoms with Crippen molar-refractivity contribution in [2.24, 2.45) is 0 Å². The number of fused-ring (bicyclic) bond motifs is 1. The smallest absolute Gasteiger partial charge is 0.339 e. The van der Waals surface area contributed by atoms with Crippen molar-refractivity contribution in [1.29, 1.82) is 0 Å². The van der Waals surface area contributed by atoms with Gasteiger partial charge in [-0.25, -0.2) is 4.79 Å². The molecule has 1 aromatic heterocycles. The minimum Gasteiger partial charge on any atom is -0.422 e. The highest BCUT2D eigenvalue weighted by Crippen LogP contribution is 2.24. The van der Waals surface area contributed by atoms with Crippen LogP contribution in [0.15, 0.2) is 33.5 Å². The van der Waals surface area contributed by atoms with Gasteiger partial charge in [0.1, 0.15) is 5.58 Å². The van der Waals surface area contributed by atoms with Crippen LogP contribution in [0.4, 0.5) is 5.69 Å². The lowest BCUT2D eigenvalue weighted by Gasteiger charge is -2.14. The fraction of sp³-hybridized carbons (Fsp3) is 0.250. The van der Waals surface area contributed by atoms with Gasteiger partial charge in [0, 0.05) is 30.7 Å². The van der Waals surface area contributed by atoms with Gasteiger partial charge in [0.15, 0.2) is 0 Å². The SMILES string of the molecule is Cc1cc2c(N(C)C)cccc2oc1=O. The molecule has 0 N–H and O–H groups in total. The summed E-state index contributed by atoms with van der Waals surface area (Å²) in [6.45, 7) is 1.76. The van der Waals surface area contributed by atoms with Crippen molar-refractivity contribution >= 4 is 16.7 Å². The van der Waals surface area contributed by atoms with Gasteiger partial charge in [0.05, 0.1) is 0 Å². The third-order valence-electron chi connectivity index (χ3n) is 2.41. The van der Waals surface area contributed by atoms with E-state index in [1.54, 1.807) is 6.92 Å². The van der Waals surface area contributed by atoms with E-state index in [2.05, 4.69) is 0 Å². The number of nitrogens with zero attached hydrogens (tertiary/aromatic N) is 1. The van der Waals surface area contributed by atoms with Crippen molar-refractivity contribution in [2.45, 2.75) is 6.92 Å². The summed E-state index contributed by atoms with van der Waals surface area (Å²) in [6.07, 6.45) is 0. The molecule has 0 saturated heterocycles. The first kappa shape index (κ1) is 9.77. The fourth-order valence-electron chi connectivity index (χ4n) is 1.61. The van der Waals surface area contributed by atoms with E-state index in [0.29, 0.717) is 11.1 Å². The van der Waals surface area contributed by atoms with Crippen molar-refractivity contribution in [3.05, 3.63) is 40.2 Å². The number of hydrogen-bond donors (Lipinski definition) is 0. The number of hydrogen-bond acceptors (Lipinski definition) is 3. The lowest BCUT2D eigenvalue weighted by Crippen LogP contribution is -2.10. The molecule has 78 valence electrons. The van der Waals surface area contributed by atoms with Crippen molar-refractivity contribution in [2.75, 3.05) is 19.0 Å². The van der Waals surface area contributed by atoms with Crippen LogP contribution in [0.2, 0.25) is 0 Å². The molecular weight excluding hydrogens is 190 g/mol. The molecule has 0 aliphatic heterocycles. The van der Waals surface area contributed by atoms with Gasteiger partial charge in [-0.2, -0.15) is 0 Å². The fourth-order valence-corrected chi connectivity index (χ4v) is 1.61. The third-order valence-corrected chi connectivity index (χ3v) is 2.41. The molecule has 0 unspecified atom stereocenters. The summed E-state index contributed by atoms with van der Waals surface area (Å²) in [5, 5.41) is 0.972. The summed E-state index contributed by atoms with van der Waals surface area (Å²) in [5.74, 6) is 0. The van der Waals surface area contributed by atoms with Crippen molar-refractivity contribution in [3.8, 4) is 0 Å². The maximum absolute atomic E-state index is 11.3. The van der Waals surface area contributed by atoms with Crippen LogP contribution in [0.25, 0.3) is 11.0 Å². The molecular formula is C12H13NO2. The van der Waals surface area contributed by atoms with Gasteiger partial charge in [0.2, 0.25) is 0 Å². The van der Waals surface area contributed by atoms with E-state index >= 15 is 0 Å². The summed E-state index contributed by atoms with van der Waals surface area (Å²) in [4.78, 5) is 13.3. The second-order valence-corrected chi connectivity index (χ2v) is 3.80. The maximum Gasteiger partial charge on any atom is 0.339 e. The van der Waals surface area contributed by atoms with Crippen LogP contribution in [-0.4, -0.2) is 14.1 Å². The average Bonchev–Trinajstić information content (AvgIpc) is 2.18. The van der Waals surface area contributed by atoms with Crippen LogP contribution in [0.3, 0.4) is 0 Å². The van der Waals surface area contributed by atoms with Gasteiger partial charge in [-0.1, -0.05) is 6.07 Å². The standard InChI is InChI=1S/C12H13NO2/c1-8-7-9-10(13(2)3)5-4-6-11(9)15-12(8)14/h4-7H,1-3H3. The summed E-state index contributed by atoms with van der Waals surface area (Å²) >= 11 is 0. The lowest BCUT2D eigenvalue weighted by molar-refractivity contribution is 0.555. The molecule has 0 spiro atoms. The van der Waals surface area contributed by atoms with Crippen LogP contribution >= 0.6 is 0 Å². The highest BCUT2D eigenvalue weighted by Gasteiger charge is 2.06. The summed E-state index contributed by atoms with van der Waals surface area (Å²) in [6, 6.07) is 7.57. The second-order valence-electron chi connectivity index (χ2n) is 3.80. The quantitative estimate of drug-likeness (QED) is 0.666. The van der Waals surface area contributed by atoms with Crippen molar-refractivity contribution < 1.29 is 4.42 Å². The molecule has 15 heavy (non-hydrogen) atoms. The number of aryl methyl sites for hydroxylation is 1. The van der Waals surface area contributed by atoms with Gasteiger partial charge < -0.3 is 9.32 Å². The molecule has 2 aromatic rings. The molecule has 0 amide bonds. The topological polar surface area (TPSA) is 33.5 Å². The Morgan fingerprint density at radius 3 is 2.67 bits per heavy atom. The minimum absolute atomic E-state index is 0.265. The van der Waals surface area contributed by atoms with Crippen molar-refractivity contribution in [1.82, 2.24) is 0 Å². The number of anilines is 1. The van der Waals surface area contributed by atoms with Crippen LogP contribution in [-0.2, 0) is 0 Å². The molecule has 3 heteroatoms. The lowest BCUT2D eigenvalue weighted by atomic mass is 10.1. The first-order valence-corrected chi connectivity index (χ1v) is 4.80. The Balaban J connectivity index is 2.86. The number of benzene rings is 1. The normalized spacial score (nSPS) is 10.6. The Kier molecular flexibility index (Phi) is 2.23. The molecule has 0 saturated carbocycles. The van der Waals surface area contributed by atoms with E-state index in [1.165, 1.54) is 0 Å². The van der Waals surface area contributed by atoms with E-state index in [4.69, 9.17) is 4.42 Å². The molecule has 1 aromatic carbocycles. The molecule has 0 aliphatic rings. The first-order valence-electron chi connectivity index (χ1n) is 4.80. The number of rotatable bonds is 1. The molecule has 1 heterocycles. The van der Waals surface area contributed by atoms with Gasteiger partial charge in [0.25, 0.3) is 0 Å². The van der Waals surface area contributed by atoms with E-state index in [0.717, 1.165) is 11.1 Å².